The molecule has 3 N–H and O–H groups in total. The summed E-state index contributed by atoms with van der Waals surface area (Å²) in [4.78, 5) is 15.4. The topological polar surface area (TPSA) is 85.8 Å². The summed E-state index contributed by atoms with van der Waals surface area (Å²) >= 11 is 0. The van der Waals surface area contributed by atoms with Crippen LogP contribution < -0.4 is 11.1 Å². The zero-order valence-corrected chi connectivity index (χ0v) is 12.0. The van der Waals surface area contributed by atoms with Crippen molar-refractivity contribution in [3.05, 3.63) is 42.5 Å². The molecule has 0 radical (unpaired) electrons. The smallest absolute Gasteiger partial charge is 0.221 e. The Kier molecular flexibility index (Phi) is 6.14. The normalized spacial score (nSPS) is 11.5. The molecular formula is C13H18ClN5O. The Morgan fingerprint density at radius 3 is 2.95 bits per heavy atom. The summed E-state index contributed by atoms with van der Waals surface area (Å²) in [6, 6.07) is 7.64. The van der Waals surface area contributed by atoms with Crippen LogP contribution in [0.25, 0.3) is 5.69 Å². The summed E-state index contributed by atoms with van der Waals surface area (Å²) in [5.74, 6) is -0.0406. The third kappa shape index (κ3) is 4.64. The summed E-state index contributed by atoms with van der Waals surface area (Å²) in [7, 11) is 0. The van der Waals surface area contributed by atoms with Gasteiger partial charge in [0, 0.05) is 19.0 Å². The van der Waals surface area contributed by atoms with Gasteiger partial charge in [0.15, 0.2) is 0 Å². The number of nitrogens with zero attached hydrogens (tertiary/aromatic N) is 3. The third-order valence-electron chi connectivity index (χ3n) is 2.59. The zero-order chi connectivity index (χ0) is 13.7. The highest BCUT2D eigenvalue weighted by Gasteiger charge is 2.05. The van der Waals surface area contributed by atoms with E-state index >= 15 is 0 Å². The fraction of sp³-hybridized carbons (Fsp3) is 0.308. The molecule has 0 saturated heterocycles. The van der Waals surface area contributed by atoms with Gasteiger partial charge in [-0.3, -0.25) is 4.79 Å². The molecule has 0 aliphatic carbocycles. The maximum atomic E-state index is 11.5. The van der Waals surface area contributed by atoms with Gasteiger partial charge < -0.3 is 11.1 Å². The van der Waals surface area contributed by atoms with Crippen molar-refractivity contribution in [1.82, 2.24) is 20.1 Å². The van der Waals surface area contributed by atoms with Gasteiger partial charge in [0.05, 0.1) is 5.69 Å². The van der Waals surface area contributed by atoms with Crippen LogP contribution in [-0.4, -0.2) is 26.7 Å². The SMILES string of the molecule is CC(N)CC(=O)NCc1cccc(-n2cncn2)c1.Cl. The molecule has 1 amide bonds. The number of benzene rings is 1. The second-order valence-electron chi connectivity index (χ2n) is 4.47. The van der Waals surface area contributed by atoms with Crippen molar-refractivity contribution in [3.8, 4) is 5.69 Å². The van der Waals surface area contributed by atoms with Crippen LogP contribution in [0.15, 0.2) is 36.9 Å². The van der Waals surface area contributed by atoms with Gasteiger partial charge in [0.2, 0.25) is 5.91 Å². The lowest BCUT2D eigenvalue weighted by molar-refractivity contribution is -0.121. The molecule has 20 heavy (non-hydrogen) atoms. The van der Waals surface area contributed by atoms with E-state index in [4.69, 9.17) is 5.73 Å². The molecule has 0 fully saturated rings. The van der Waals surface area contributed by atoms with Crippen molar-refractivity contribution >= 4 is 18.3 Å². The third-order valence-corrected chi connectivity index (χ3v) is 2.59. The lowest BCUT2D eigenvalue weighted by atomic mass is 10.2. The second kappa shape index (κ2) is 7.62. The van der Waals surface area contributed by atoms with E-state index in [9.17, 15) is 4.79 Å². The molecule has 0 aliphatic heterocycles. The number of hydrogen-bond acceptors (Lipinski definition) is 4. The molecule has 0 bridgehead atoms. The molecule has 1 atom stereocenters. The molecule has 1 heterocycles. The van der Waals surface area contributed by atoms with E-state index < -0.39 is 0 Å². The molecular weight excluding hydrogens is 278 g/mol. The molecule has 1 unspecified atom stereocenters. The molecule has 0 aliphatic rings. The summed E-state index contributed by atoms with van der Waals surface area (Å²) in [6.07, 6.45) is 3.45. The van der Waals surface area contributed by atoms with Crippen LogP contribution in [0.5, 0.6) is 0 Å². The fourth-order valence-electron chi connectivity index (χ4n) is 1.72. The number of aromatic nitrogens is 3. The first-order chi connectivity index (χ1) is 9.15. The molecule has 2 aromatic rings. The van der Waals surface area contributed by atoms with Crippen LogP contribution in [-0.2, 0) is 11.3 Å². The van der Waals surface area contributed by atoms with Crippen molar-refractivity contribution < 1.29 is 4.79 Å². The van der Waals surface area contributed by atoms with E-state index in [2.05, 4.69) is 15.4 Å². The van der Waals surface area contributed by atoms with Gasteiger partial charge in [-0.25, -0.2) is 9.67 Å². The van der Waals surface area contributed by atoms with Crippen LogP contribution in [0, 0.1) is 0 Å². The van der Waals surface area contributed by atoms with Crippen LogP contribution in [0.1, 0.15) is 18.9 Å². The van der Waals surface area contributed by atoms with Crippen molar-refractivity contribution in [3.63, 3.8) is 0 Å². The van der Waals surface area contributed by atoms with Gasteiger partial charge in [-0.2, -0.15) is 5.10 Å². The van der Waals surface area contributed by atoms with Gasteiger partial charge in [-0.05, 0) is 24.6 Å². The highest BCUT2D eigenvalue weighted by Crippen LogP contribution is 2.08. The van der Waals surface area contributed by atoms with E-state index in [1.165, 1.54) is 6.33 Å². The van der Waals surface area contributed by atoms with Crippen molar-refractivity contribution in [2.45, 2.75) is 25.9 Å². The minimum Gasteiger partial charge on any atom is -0.352 e. The number of carbonyl (C=O) groups excluding carboxylic acids is 1. The summed E-state index contributed by atoms with van der Waals surface area (Å²) < 4.78 is 1.67. The first kappa shape index (κ1) is 16.1. The van der Waals surface area contributed by atoms with Gasteiger partial charge in [-0.1, -0.05) is 12.1 Å². The summed E-state index contributed by atoms with van der Waals surface area (Å²) in [5, 5.41) is 6.90. The Balaban J connectivity index is 0.00000200. The fourth-order valence-corrected chi connectivity index (χ4v) is 1.72. The van der Waals surface area contributed by atoms with Crippen molar-refractivity contribution in [2.24, 2.45) is 5.73 Å². The lowest BCUT2D eigenvalue weighted by Gasteiger charge is -2.08. The minimum absolute atomic E-state index is 0. The Morgan fingerprint density at radius 1 is 1.50 bits per heavy atom. The first-order valence-corrected chi connectivity index (χ1v) is 6.11. The maximum absolute atomic E-state index is 11.5. The molecule has 0 saturated carbocycles. The number of hydrogen-bond donors (Lipinski definition) is 2. The first-order valence-electron chi connectivity index (χ1n) is 6.11. The average molecular weight is 296 g/mol. The van der Waals surface area contributed by atoms with E-state index in [-0.39, 0.29) is 24.4 Å². The number of nitrogens with one attached hydrogen (secondary N) is 1. The monoisotopic (exact) mass is 295 g/mol. The maximum Gasteiger partial charge on any atom is 0.221 e. The summed E-state index contributed by atoms with van der Waals surface area (Å²) in [6.45, 7) is 2.29. The van der Waals surface area contributed by atoms with Gasteiger partial charge in [-0.15, -0.1) is 12.4 Å². The highest BCUT2D eigenvalue weighted by atomic mass is 35.5. The average Bonchev–Trinajstić information content (AvgIpc) is 2.90. The Labute approximate surface area is 123 Å². The van der Waals surface area contributed by atoms with Gasteiger partial charge >= 0.3 is 0 Å². The molecule has 7 heteroatoms. The van der Waals surface area contributed by atoms with Crippen molar-refractivity contribution in [1.29, 1.82) is 0 Å². The number of amides is 1. The van der Waals surface area contributed by atoms with Gasteiger partial charge in [0.25, 0.3) is 0 Å². The molecule has 1 aromatic heterocycles. The number of halogens is 1. The molecule has 0 spiro atoms. The molecule has 1 aromatic carbocycles. The highest BCUT2D eigenvalue weighted by molar-refractivity contribution is 5.85. The lowest BCUT2D eigenvalue weighted by Crippen LogP contribution is -2.29. The second-order valence-corrected chi connectivity index (χ2v) is 4.47. The van der Waals surface area contributed by atoms with Crippen LogP contribution in [0.2, 0.25) is 0 Å². The minimum atomic E-state index is -0.124. The van der Waals surface area contributed by atoms with Crippen LogP contribution in [0.4, 0.5) is 0 Å². The standard InChI is InChI=1S/C13H17N5O.ClH/c1-10(14)5-13(19)16-7-11-3-2-4-12(6-11)18-9-15-8-17-18;/h2-4,6,8-10H,5,7,14H2,1H3,(H,16,19);1H. The quantitative estimate of drug-likeness (QED) is 0.863. The summed E-state index contributed by atoms with van der Waals surface area (Å²) in [5.41, 5.74) is 7.49. The van der Waals surface area contributed by atoms with Gasteiger partial charge in [0.1, 0.15) is 12.7 Å². The Hall–Kier alpha value is -1.92. The van der Waals surface area contributed by atoms with E-state index in [1.807, 2.05) is 31.2 Å². The number of carbonyl (C=O) groups is 1. The van der Waals surface area contributed by atoms with Crippen LogP contribution >= 0.6 is 12.4 Å². The Morgan fingerprint density at radius 2 is 2.30 bits per heavy atom. The van der Waals surface area contributed by atoms with Crippen molar-refractivity contribution in [2.75, 3.05) is 0 Å². The number of nitrogens with two attached hydrogens (primary N) is 1. The molecule has 6 nitrogen and oxygen atoms in total. The zero-order valence-electron chi connectivity index (χ0n) is 11.2. The predicted octanol–water partition coefficient (Wildman–Crippen LogP) is 1.04. The largest absolute Gasteiger partial charge is 0.352 e. The predicted molar refractivity (Wildman–Crippen MR) is 78.7 cm³/mol. The van der Waals surface area contributed by atoms with E-state index in [0.717, 1.165) is 11.3 Å². The van der Waals surface area contributed by atoms with Crippen LogP contribution in [0.3, 0.4) is 0 Å². The Bertz CT molecular complexity index is 541. The van der Waals surface area contributed by atoms with E-state index in [0.29, 0.717) is 13.0 Å². The van der Waals surface area contributed by atoms with E-state index in [1.54, 1.807) is 11.0 Å². The molecule has 2 rings (SSSR count). The number of rotatable bonds is 5. The molecule has 108 valence electrons.